The van der Waals surface area contributed by atoms with Gasteiger partial charge in [-0.25, -0.2) is 9.59 Å². The SMILES string of the molecule is CC.CC(C)(C)OC(=O)N1CCC1.NC(N)=O. The van der Waals surface area contributed by atoms with Gasteiger partial charge in [0.2, 0.25) is 0 Å². The molecule has 1 rings (SSSR count). The summed E-state index contributed by atoms with van der Waals surface area (Å²) in [5, 5.41) is 0. The van der Waals surface area contributed by atoms with Gasteiger partial charge in [-0.3, -0.25) is 0 Å². The third-order valence-electron chi connectivity index (χ3n) is 1.51. The van der Waals surface area contributed by atoms with E-state index in [1.165, 1.54) is 0 Å². The van der Waals surface area contributed by atoms with Gasteiger partial charge in [0.05, 0.1) is 0 Å². The zero-order valence-corrected chi connectivity index (χ0v) is 11.4. The Hall–Kier alpha value is -1.46. The zero-order chi connectivity index (χ0) is 14.1. The molecule has 0 bridgehead atoms. The maximum absolute atomic E-state index is 11.1. The monoisotopic (exact) mass is 247 g/mol. The lowest BCUT2D eigenvalue weighted by Crippen LogP contribution is -2.44. The Kier molecular flexibility index (Phi) is 9.13. The molecular formula is C11H25N3O3. The molecule has 1 aliphatic rings. The van der Waals surface area contributed by atoms with Crippen molar-refractivity contribution in [1.29, 1.82) is 0 Å². The van der Waals surface area contributed by atoms with Crippen molar-refractivity contribution in [2.45, 2.75) is 46.6 Å². The smallest absolute Gasteiger partial charge is 0.410 e. The Labute approximate surface area is 103 Å². The normalized spacial score (nSPS) is 13.1. The first kappa shape index (κ1) is 17.9. The van der Waals surface area contributed by atoms with Crippen LogP contribution in [0.4, 0.5) is 9.59 Å². The average Bonchev–Trinajstić information content (AvgIpc) is 1.99. The quantitative estimate of drug-likeness (QED) is 0.681. The average molecular weight is 247 g/mol. The van der Waals surface area contributed by atoms with E-state index < -0.39 is 6.03 Å². The van der Waals surface area contributed by atoms with Crippen LogP contribution < -0.4 is 11.5 Å². The molecule has 17 heavy (non-hydrogen) atoms. The summed E-state index contributed by atoms with van der Waals surface area (Å²) >= 11 is 0. The third kappa shape index (κ3) is 12.5. The van der Waals surface area contributed by atoms with E-state index in [4.69, 9.17) is 9.53 Å². The van der Waals surface area contributed by atoms with Crippen LogP contribution in [0.25, 0.3) is 0 Å². The van der Waals surface area contributed by atoms with E-state index in [2.05, 4.69) is 11.5 Å². The predicted molar refractivity (Wildman–Crippen MR) is 67.5 cm³/mol. The highest BCUT2D eigenvalue weighted by molar-refractivity contribution is 5.69. The molecule has 1 aliphatic heterocycles. The number of primary amides is 2. The number of carbonyl (C=O) groups is 2. The highest BCUT2D eigenvalue weighted by Crippen LogP contribution is 2.13. The lowest BCUT2D eigenvalue weighted by Gasteiger charge is -2.32. The molecule has 0 aliphatic carbocycles. The Balaban J connectivity index is 0. The number of nitrogens with two attached hydrogens (primary N) is 2. The number of carbonyl (C=O) groups excluding carboxylic acids is 2. The van der Waals surface area contributed by atoms with E-state index in [0.717, 1.165) is 19.5 Å². The van der Waals surface area contributed by atoms with Crippen LogP contribution in [0.2, 0.25) is 0 Å². The maximum Gasteiger partial charge on any atom is 0.410 e. The van der Waals surface area contributed by atoms with Crippen LogP contribution in [-0.4, -0.2) is 35.7 Å². The van der Waals surface area contributed by atoms with Crippen molar-refractivity contribution in [2.75, 3.05) is 13.1 Å². The fourth-order valence-corrected chi connectivity index (χ4v) is 0.825. The zero-order valence-electron chi connectivity index (χ0n) is 11.4. The number of urea groups is 1. The maximum atomic E-state index is 11.1. The summed E-state index contributed by atoms with van der Waals surface area (Å²) in [5.74, 6) is 0. The molecule has 0 saturated carbocycles. The van der Waals surface area contributed by atoms with E-state index in [-0.39, 0.29) is 11.7 Å². The largest absolute Gasteiger partial charge is 0.444 e. The van der Waals surface area contributed by atoms with Crippen LogP contribution in [-0.2, 0) is 4.74 Å². The van der Waals surface area contributed by atoms with Gasteiger partial charge in [-0.1, -0.05) is 13.8 Å². The Morgan fingerprint density at radius 2 is 1.47 bits per heavy atom. The molecular weight excluding hydrogens is 222 g/mol. The van der Waals surface area contributed by atoms with Gasteiger partial charge in [0, 0.05) is 13.1 Å². The topological polar surface area (TPSA) is 98.7 Å². The van der Waals surface area contributed by atoms with E-state index in [9.17, 15) is 4.79 Å². The van der Waals surface area contributed by atoms with Crippen molar-refractivity contribution in [3.8, 4) is 0 Å². The standard InChI is InChI=1S/C8H15NO2.C2H6.CH4N2O/c1-8(2,3)11-7(10)9-5-4-6-9;1-2;2-1(3)4/h4-6H2,1-3H3;1-2H3;(H4,2,3,4). The highest BCUT2D eigenvalue weighted by atomic mass is 16.6. The molecule has 6 heteroatoms. The number of amides is 3. The van der Waals surface area contributed by atoms with Gasteiger partial charge < -0.3 is 21.1 Å². The van der Waals surface area contributed by atoms with Gasteiger partial charge in [-0.2, -0.15) is 0 Å². The summed E-state index contributed by atoms with van der Waals surface area (Å²) in [7, 11) is 0. The second kappa shape index (κ2) is 8.66. The summed E-state index contributed by atoms with van der Waals surface area (Å²) in [6, 6.07) is -0.833. The molecule has 0 unspecified atom stereocenters. The van der Waals surface area contributed by atoms with Crippen molar-refractivity contribution in [1.82, 2.24) is 4.90 Å². The highest BCUT2D eigenvalue weighted by Gasteiger charge is 2.25. The van der Waals surface area contributed by atoms with Gasteiger partial charge in [0.15, 0.2) is 0 Å². The van der Waals surface area contributed by atoms with E-state index >= 15 is 0 Å². The molecule has 1 fully saturated rings. The molecule has 3 amide bonds. The second-order valence-corrected chi connectivity index (χ2v) is 4.22. The molecule has 0 radical (unpaired) electrons. The molecule has 0 aromatic heterocycles. The van der Waals surface area contributed by atoms with Gasteiger partial charge in [-0.15, -0.1) is 0 Å². The summed E-state index contributed by atoms with van der Waals surface area (Å²) in [4.78, 5) is 21.9. The van der Waals surface area contributed by atoms with Crippen molar-refractivity contribution < 1.29 is 14.3 Å². The molecule has 6 nitrogen and oxygen atoms in total. The molecule has 0 atom stereocenters. The first-order valence-corrected chi connectivity index (χ1v) is 5.75. The van der Waals surface area contributed by atoms with Crippen LogP contribution in [0.1, 0.15) is 41.0 Å². The number of hydrogen-bond donors (Lipinski definition) is 2. The second-order valence-electron chi connectivity index (χ2n) is 4.22. The summed E-state index contributed by atoms with van der Waals surface area (Å²) < 4.78 is 5.13. The van der Waals surface area contributed by atoms with E-state index in [0.29, 0.717) is 0 Å². The molecule has 1 saturated heterocycles. The van der Waals surface area contributed by atoms with Crippen LogP contribution in [0.15, 0.2) is 0 Å². The Morgan fingerprint density at radius 1 is 1.12 bits per heavy atom. The number of hydrogen-bond acceptors (Lipinski definition) is 3. The van der Waals surface area contributed by atoms with Crippen molar-refractivity contribution in [3.63, 3.8) is 0 Å². The summed E-state index contributed by atoms with van der Waals surface area (Å²) in [5.41, 5.74) is 8.15. The molecule has 0 aromatic carbocycles. The van der Waals surface area contributed by atoms with Crippen molar-refractivity contribution in [2.24, 2.45) is 11.5 Å². The number of nitrogens with zero attached hydrogens (tertiary/aromatic N) is 1. The first-order valence-electron chi connectivity index (χ1n) is 5.75. The summed E-state index contributed by atoms with van der Waals surface area (Å²) in [6.07, 6.45) is 0.933. The third-order valence-corrected chi connectivity index (χ3v) is 1.51. The van der Waals surface area contributed by atoms with Crippen LogP contribution in [0, 0.1) is 0 Å². The Morgan fingerprint density at radius 3 is 1.65 bits per heavy atom. The molecule has 0 spiro atoms. The van der Waals surface area contributed by atoms with Gasteiger partial charge in [0.25, 0.3) is 0 Å². The van der Waals surface area contributed by atoms with Gasteiger partial charge in [-0.05, 0) is 27.2 Å². The van der Waals surface area contributed by atoms with Crippen LogP contribution in [0.5, 0.6) is 0 Å². The van der Waals surface area contributed by atoms with Crippen LogP contribution in [0.3, 0.4) is 0 Å². The number of likely N-dealkylation sites (tertiary alicyclic amines) is 1. The van der Waals surface area contributed by atoms with Gasteiger partial charge >= 0.3 is 12.1 Å². The fourth-order valence-electron chi connectivity index (χ4n) is 0.825. The van der Waals surface area contributed by atoms with Crippen molar-refractivity contribution in [3.05, 3.63) is 0 Å². The number of ether oxygens (including phenoxy) is 1. The fraction of sp³-hybridized carbons (Fsp3) is 0.818. The first-order chi connectivity index (χ1) is 7.72. The van der Waals surface area contributed by atoms with E-state index in [1.54, 1.807) is 4.90 Å². The van der Waals surface area contributed by atoms with Gasteiger partial charge in [0.1, 0.15) is 5.60 Å². The Bertz CT molecular complexity index is 229. The predicted octanol–water partition coefficient (Wildman–Crippen LogP) is 1.68. The minimum atomic E-state index is -0.833. The minimum absolute atomic E-state index is 0.177. The molecule has 4 N–H and O–H groups in total. The number of rotatable bonds is 0. The lowest BCUT2D eigenvalue weighted by molar-refractivity contribution is 0.0131. The van der Waals surface area contributed by atoms with Crippen molar-refractivity contribution >= 4 is 12.1 Å². The summed E-state index contributed by atoms with van der Waals surface area (Å²) in [6.45, 7) is 11.4. The molecule has 1 heterocycles. The van der Waals surface area contributed by atoms with E-state index in [1.807, 2.05) is 34.6 Å². The molecule has 102 valence electrons. The molecule has 0 aromatic rings. The van der Waals surface area contributed by atoms with Crippen LogP contribution >= 0.6 is 0 Å². The lowest BCUT2D eigenvalue weighted by atomic mass is 10.2. The minimum Gasteiger partial charge on any atom is -0.444 e.